The van der Waals surface area contributed by atoms with Crippen LogP contribution in [0.15, 0.2) is 29.2 Å². The van der Waals surface area contributed by atoms with Crippen molar-refractivity contribution in [3.05, 3.63) is 29.8 Å². The highest BCUT2D eigenvalue weighted by Crippen LogP contribution is 2.27. The molecule has 1 aromatic carbocycles. The summed E-state index contributed by atoms with van der Waals surface area (Å²) in [4.78, 5) is 14.9. The highest BCUT2D eigenvalue weighted by Gasteiger charge is 2.31. The first-order chi connectivity index (χ1) is 8.70. The Kier molecular flexibility index (Phi) is 4.27. The van der Waals surface area contributed by atoms with E-state index in [9.17, 15) is 4.79 Å². The van der Waals surface area contributed by atoms with Crippen LogP contribution in [0.5, 0.6) is 0 Å². The topological polar surface area (TPSA) is 44.1 Å². The Morgan fingerprint density at radius 2 is 2.06 bits per heavy atom. The lowest BCUT2D eigenvalue weighted by molar-refractivity contribution is -0.131. The molecule has 0 atom stereocenters. The van der Waals surface area contributed by atoms with Gasteiger partial charge in [-0.1, -0.05) is 12.1 Å². The fraction of sp³-hybridized carbons (Fsp3) is 0.429. The zero-order valence-electron chi connectivity index (χ0n) is 10.2. The summed E-state index contributed by atoms with van der Waals surface area (Å²) < 4.78 is 0. The second-order valence-electron chi connectivity index (χ2n) is 4.57. The monoisotopic (exact) mass is 260 g/mol. The summed E-state index contributed by atoms with van der Waals surface area (Å²) in [6, 6.07) is 10.1. The van der Waals surface area contributed by atoms with Gasteiger partial charge in [0.15, 0.2) is 0 Å². The molecule has 0 aromatic heterocycles. The number of hydrogen-bond donors (Lipinski definition) is 1. The maximum Gasteiger partial charge on any atom is 0.227 e. The van der Waals surface area contributed by atoms with Crippen molar-refractivity contribution in [3.63, 3.8) is 0 Å². The molecule has 3 nitrogen and oxygen atoms in total. The number of amides is 1. The van der Waals surface area contributed by atoms with Crippen LogP contribution < -0.4 is 0 Å². The van der Waals surface area contributed by atoms with E-state index in [1.807, 2.05) is 29.2 Å². The minimum atomic E-state index is 0.125. The molecule has 2 rings (SSSR count). The van der Waals surface area contributed by atoms with Crippen LogP contribution in [0, 0.1) is 11.3 Å². The highest BCUT2D eigenvalue weighted by molar-refractivity contribution is 7.80. The van der Waals surface area contributed by atoms with E-state index < -0.39 is 0 Å². The van der Waals surface area contributed by atoms with Crippen molar-refractivity contribution in [1.82, 2.24) is 4.90 Å². The number of hydrogen-bond acceptors (Lipinski definition) is 3. The average molecular weight is 260 g/mol. The van der Waals surface area contributed by atoms with Crippen molar-refractivity contribution < 1.29 is 4.79 Å². The standard InChI is InChI=1S/C14H16N2OS/c15-8-1-9-16(12-4-5-12)14(17)10-11-2-6-13(18)7-3-11/h2-3,6-7,12,18H,1,4-5,9-10H2. The first kappa shape index (κ1) is 13.0. The van der Waals surface area contributed by atoms with Crippen LogP contribution in [0.1, 0.15) is 24.8 Å². The molecule has 0 unspecified atom stereocenters. The van der Waals surface area contributed by atoms with Gasteiger partial charge in [0.1, 0.15) is 0 Å². The number of nitrogens with zero attached hydrogens (tertiary/aromatic N) is 2. The number of carbonyl (C=O) groups excluding carboxylic acids is 1. The number of rotatable bonds is 5. The van der Waals surface area contributed by atoms with Gasteiger partial charge in [-0.15, -0.1) is 12.6 Å². The fourth-order valence-electron chi connectivity index (χ4n) is 1.96. The minimum Gasteiger partial charge on any atom is -0.338 e. The zero-order chi connectivity index (χ0) is 13.0. The van der Waals surface area contributed by atoms with Crippen molar-refractivity contribution in [3.8, 4) is 6.07 Å². The Hall–Kier alpha value is -1.47. The molecule has 0 N–H and O–H groups in total. The molecule has 1 aliphatic rings. The Morgan fingerprint density at radius 1 is 1.39 bits per heavy atom. The minimum absolute atomic E-state index is 0.125. The molecule has 1 amide bonds. The van der Waals surface area contributed by atoms with E-state index in [-0.39, 0.29) is 5.91 Å². The second-order valence-corrected chi connectivity index (χ2v) is 5.09. The molecular formula is C14H16N2OS. The number of thiol groups is 1. The summed E-state index contributed by atoms with van der Waals surface area (Å²) >= 11 is 4.22. The van der Waals surface area contributed by atoms with Gasteiger partial charge in [-0.05, 0) is 30.5 Å². The zero-order valence-corrected chi connectivity index (χ0v) is 11.1. The molecule has 0 spiro atoms. The molecule has 1 saturated carbocycles. The quantitative estimate of drug-likeness (QED) is 0.826. The van der Waals surface area contributed by atoms with Gasteiger partial charge in [0.25, 0.3) is 0 Å². The Balaban J connectivity index is 1.96. The van der Waals surface area contributed by atoms with E-state index in [1.54, 1.807) is 0 Å². The van der Waals surface area contributed by atoms with Crippen LogP contribution >= 0.6 is 12.6 Å². The third-order valence-corrected chi connectivity index (χ3v) is 3.36. The Labute approximate surface area is 113 Å². The Morgan fingerprint density at radius 3 is 2.61 bits per heavy atom. The van der Waals surface area contributed by atoms with Crippen LogP contribution in [0.3, 0.4) is 0 Å². The molecule has 1 fully saturated rings. The van der Waals surface area contributed by atoms with E-state index in [0.717, 1.165) is 23.3 Å². The molecule has 1 aliphatic carbocycles. The van der Waals surface area contributed by atoms with Crippen LogP contribution in [0.25, 0.3) is 0 Å². The van der Waals surface area contributed by atoms with E-state index in [1.165, 1.54) is 0 Å². The van der Waals surface area contributed by atoms with Crippen molar-refractivity contribution in [2.45, 2.75) is 36.6 Å². The van der Waals surface area contributed by atoms with Gasteiger partial charge < -0.3 is 4.90 Å². The maximum absolute atomic E-state index is 12.2. The van der Waals surface area contributed by atoms with Gasteiger partial charge in [0, 0.05) is 17.5 Å². The van der Waals surface area contributed by atoms with Gasteiger partial charge in [-0.2, -0.15) is 5.26 Å². The molecular weight excluding hydrogens is 244 g/mol. The molecule has 18 heavy (non-hydrogen) atoms. The van der Waals surface area contributed by atoms with Crippen LogP contribution in [-0.2, 0) is 11.2 Å². The lowest BCUT2D eigenvalue weighted by Crippen LogP contribution is -2.35. The van der Waals surface area contributed by atoms with E-state index >= 15 is 0 Å². The maximum atomic E-state index is 12.2. The summed E-state index contributed by atoms with van der Waals surface area (Å²) in [5.41, 5.74) is 1.00. The molecule has 94 valence electrons. The number of nitriles is 1. The van der Waals surface area contributed by atoms with Crippen molar-refractivity contribution in [1.29, 1.82) is 5.26 Å². The molecule has 0 saturated heterocycles. The third kappa shape index (κ3) is 3.51. The molecule has 0 radical (unpaired) electrons. The first-order valence-corrected chi connectivity index (χ1v) is 6.60. The summed E-state index contributed by atoms with van der Waals surface area (Å²) in [7, 11) is 0. The normalized spacial score (nSPS) is 14.0. The third-order valence-electron chi connectivity index (χ3n) is 3.06. The summed E-state index contributed by atoms with van der Waals surface area (Å²) in [5.74, 6) is 0.125. The smallest absolute Gasteiger partial charge is 0.227 e. The predicted molar refractivity (Wildman–Crippen MR) is 72.4 cm³/mol. The number of carbonyl (C=O) groups is 1. The van der Waals surface area contributed by atoms with Crippen molar-refractivity contribution >= 4 is 18.5 Å². The molecule has 0 heterocycles. The van der Waals surface area contributed by atoms with Crippen molar-refractivity contribution in [2.75, 3.05) is 6.54 Å². The lowest BCUT2D eigenvalue weighted by atomic mass is 10.1. The van der Waals surface area contributed by atoms with Crippen molar-refractivity contribution in [2.24, 2.45) is 0 Å². The van der Waals surface area contributed by atoms with E-state index in [2.05, 4.69) is 18.7 Å². The van der Waals surface area contributed by atoms with Crippen LogP contribution in [0.2, 0.25) is 0 Å². The van der Waals surface area contributed by atoms with Gasteiger partial charge in [0.05, 0.1) is 18.9 Å². The van der Waals surface area contributed by atoms with E-state index in [4.69, 9.17) is 5.26 Å². The van der Waals surface area contributed by atoms with Gasteiger partial charge in [-0.3, -0.25) is 4.79 Å². The van der Waals surface area contributed by atoms with E-state index in [0.29, 0.717) is 25.4 Å². The van der Waals surface area contributed by atoms with Crippen LogP contribution in [0.4, 0.5) is 0 Å². The SMILES string of the molecule is N#CCCN(C(=O)Cc1ccc(S)cc1)C1CC1. The molecule has 1 aromatic rings. The molecule has 4 heteroatoms. The first-order valence-electron chi connectivity index (χ1n) is 6.15. The highest BCUT2D eigenvalue weighted by atomic mass is 32.1. The largest absolute Gasteiger partial charge is 0.338 e. The summed E-state index contributed by atoms with van der Waals surface area (Å²) in [5, 5.41) is 8.62. The lowest BCUT2D eigenvalue weighted by Gasteiger charge is -2.21. The van der Waals surface area contributed by atoms with Gasteiger partial charge in [-0.25, -0.2) is 0 Å². The molecule has 0 aliphatic heterocycles. The average Bonchev–Trinajstić information content (AvgIpc) is 3.17. The summed E-state index contributed by atoms with van der Waals surface area (Å²) in [6.07, 6.45) is 2.98. The summed E-state index contributed by atoms with van der Waals surface area (Å²) in [6.45, 7) is 0.560. The van der Waals surface area contributed by atoms with Gasteiger partial charge >= 0.3 is 0 Å². The van der Waals surface area contributed by atoms with Gasteiger partial charge in [0.2, 0.25) is 5.91 Å². The predicted octanol–water partition coefficient (Wildman–Crippen LogP) is 2.42. The number of benzene rings is 1. The molecule has 0 bridgehead atoms. The van der Waals surface area contributed by atoms with Crippen LogP contribution in [-0.4, -0.2) is 23.4 Å². The Bertz CT molecular complexity index is 460. The second kappa shape index (κ2) is 5.92. The fourth-order valence-corrected chi connectivity index (χ4v) is 2.11.